The molecule has 2 N–H and O–H groups in total. The lowest BCUT2D eigenvalue weighted by molar-refractivity contribution is 0.1000. The molecule has 4 heteroatoms. The molecule has 1 aromatic carbocycles. The highest BCUT2D eigenvalue weighted by atomic mass is 32.2. The van der Waals surface area contributed by atoms with Gasteiger partial charge in [0.25, 0.3) is 0 Å². The van der Waals surface area contributed by atoms with Crippen LogP contribution < -0.4 is 10.5 Å². The van der Waals surface area contributed by atoms with Crippen molar-refractivity contribution in [3.05, 3.63) is 24.3 Å². The molecule has 0 amide bonds. The molecule has 1 aliphatic rings. The molecule has 3 nitrogen and oxygen atoms in total. The van der Waals surface area contributed by atoms with Gasteiger partial charge in [-0.3, -0.25) is 0 Å². The normalized spacial score (nSPS) is 16.7. The van der Waals surface area contributed by atoms with E-state index in [1.54, 1.807) is 0 Å². The fraction of sp³-hybridized carbons (Fsp3) is 0.571. The van der Waals surface area contributed by atoms with Crippen molar-refractivity contribution in [3.8, 4) is 5.75 Å². The van der Waals surface area contributed by atoms with E-state index >= 15 is 0 Å². The lowest BCUT2D eigenvalue weighted by atomic mass is 10.2. The zero-order valence-electron chi connectivity index (χ0n) is 10.6. The fourth-order valence-electron chi connectivity index (χ4n) is 1.95. The molecule has 0 radical (unpaired) electrons. The van der Waals surface area contributed by atoms with Crippen LogP contribution in [0, 0.1) is 0 Å². The largest absolute Gasteiger partial charge is 0.491 e. The van der Waals surface area contributed by atoms with Crippen LogP contribution in [-0.4, -0.2) is 30.8 Å². The van der Waals surface area contributed by atoms with Crippen molar-refractivity contribution in [2.75, 3.05) is 31.3 Å². The summed E-state index contributed by atoms with van der Waals surface area (Å²) < 4.78 is 11.0. The molecule has 1 aliphatic heterocycles. The van der Waals surface area contributed by atoms with Gasteiger partial charge in [-0.05, 0) is 37.1 Å². The van der Waals surface area contributed by atoms with E-state index in [0.717, 1.165) is 48.7 Å². The zero-order chi connectivity index (χ0) is 12.6. The fourth-order valence-corrected chi connectivity index (χ4v) is 3.09. The number of nitrogen functional groups attached to an aromatic ring is 1. The van der Waals surface area contributed by atoms with E-state index in [-0.39, 0.29) is 0 Å². The Labute approximate surface area is 113 Å². The first-order chi connectivity index (χ1) is 8.86. The van der Waals surface area contributed by atoms with Crippen LogP contribution in [-0.2, 0) is 4.74 Å². The van der Waals surface area contributed by atoms with Crippen molar-refractivity contribution in [1.29, 1.82) is 0 Å². The Hall–Kier alpha value is -0.870. The first-order valence-corrected chi connectivity index (χ1v) is 7.58. The Morgan fingerprint density at radius 2 is 2.06 bits per heavy atom. The predicted molar refractivity (Wildman–Crippen MR) is 77.3 cm³/mol. The van der Waals surface area contributed by atoms with Gasteiger partial charge < -0.3 is 15.2 Å². The number of ether oxygens (including phenoxy) is 2. The third kappa shape index (κ3) is 4.42. The number of hydrogen-bond donors (Lipinski definition) is 1. The maximum Gasteiger partial charge on any atom is 0.142 e. The smallest absolute Gasteiger partial charge is 0.142 e. The van der Waals surface area contributed by atoms with Crippen LogP contribution >= 0.6 is 11.8 Å². The lowest BCUT2D eigenvalue weighted by Gasteiger charge is -2.21. The average molecular weight is 267 g/mol. The number of thioether (sulfide) groups is 1. The minimum atomic E-state index is 0.717. The van der Waals surface area contributed by atoms with Crippen molar-refractivity contribution >= 4 is 17.4 Å². The topological polar surface area (TPSA) is 44.5 Å². The summed E-state index contributed by atoms with van der Waals surface area (Å²) in [5.74, 6) is 1.95. The minimum Gasteiger partial charge on any atom is -0.491 e. The molecule has 1 fully saturated rings. The number of rotatable bonds is 6. The van der Waals surface area contributed by atoms with Crippen LogP contribution in [0.3, 0.4) is 0 Å². The molecule has 0 unspecified atom stereocenters. The van der Waals surface area contributed by atoms with E-state index in [1.165, 1.54) is 12.8 Å². The van der Waals surface area contributed by atoms with Gasteiger partial charge in [-0.15, -0.1) is 0 Å². The average Bonchev–Trinajstić information content (AvgIpc) is 2.42. The molecule has 0 bridgehead atoms. The van der Waals surface area contributed by atoms with Crippen molar-refractivity contribution in [2.24, 2.45) is 0 Å². The van der Waals surface area contributed by atoms with E-state index in [9.17, 15) is 0 Å². The monoisotopic (exact) mass is 267 g/mol. The van der Waals surface area contributed by atoms with Gasteiger partial charge in [0.05, 0.1) is 12.3 Å². The summed E-state index contributed by atoms with van der Waals surface area (Å²) in [5.41, 5.74) is 6.53. The van der Waals surface area contributed by atoms with E-state index in [0.29, 0.717) is 0 Å². The second-order valence-corrected chi connectivity index (χ2v) is 5.83. The summed E-state index contributed by atoms with van der Waals surface area (Å²) in [5, 5.41) is 0.778. The van der Waals surface area contributed by atoms with Gasteiger partial charge in [0.2, 0.25) is 0 Å². The van der Waals surface area contributed by atoms with Crippen molar-refractivity contribution in [3.63, 3.8) is 0 Å². The summed E-state index contributed by atoms with van der Waals surface area (Å²) in [6.45, 7) is 2.59. The highest BCUT2D eigenvalue weighted by Crippen LogP contribution is 2.23. The summed E-state index contributed by atoms with van der Waals surface area (Å²) >= 11 is 2.05. The highest BCUT2D eigenvalue weighted by molar-refractivity contribution is 7.99. The quantitative estimate of drug-likeness (QED) is 0.636. The molecule has 1 saturated heterocycles. The van der Waals surface area contributed by atoms with Gasteiger partial charge in [-0.1, -0.05) is 12.1 Å². The standard InChI is InChI=1S/C14H21NO2S/c15-13-4-1-2-5-14(13)17-8-3-11-18-12-6-9-16-10-7-12/h1-2,4-5,12H,3,6-11,15H2. The maximum absolute atomic E-state index is 5.81. The van der Waals surface area contributed by atoms with Crippen LogP contribution in [0.15, 0.2) is 24.3 Å². The molecule has 0 spiro atoms. The van der Waals surface area contributed by atoms with Crippen LogP contribution in [0.1, 0.15) is 19.3 Å². The Morgan fingerprint density at radius 1 is 1.28 bits per heavy atom. The Balaban J connectivity index is 1.57. The number of hydrogen-bond acceptors (Lipinski definition) is 4. The van der Waals surface area contributed by atoms with E-state index in [2.05, 4.69) is 0 Å². The first kappa shape index (κ1) is 13.6. The van der Waals surface area contributed by atoms with E-state index < -0.39 is 0 Å². The van der Waals surface area contributed by atoms with Crippen LogP contribution in [0.2, 0.25) is 0 Å². The maximum atomic E-state index is 5.81. The Bertz CT molecular complexity index is 353. The van der Waals surface area contributed by atoms with Gasteiger partial charge >= 0.3 is 0 Å². The van der Waals surface area contributed by atoms with Gasteiger partial charge in [-0.2, -0.15) is 11.8 Å². The third-order valence-corrected chi connectivity index (χ3v) is 4.45. The van der Waals surface area contributed by atoms with Crippen molar-refractivity contribution < 1.29 is 9.47 Å². The zero-order valence-corrected chi connectivity index (χ0v) is 11.5. The summed E-state index contributed by atoms with van der Waals surface area (Å²) in [7, 11) is 0. The van der Waals surface area contributed by atoms with E-state index in [1.807, 2.05) is 36.0 Å². The SMILES string of the molecule is Nc1ccccc1OCCCSC1CCOCC1. The number of nitrogens with two attached hydrogens (primary N) is 1. The number of anilines is 1. The molecule has 0 aromatic heterocycles. The Morgan fingerprint density at radius 3 is 2.83 bits per heavy atom. The number of para-hydroxylation sites is 2. The van der Waals surface area contributed by atoms with Crippen LogP contribution in [0.5, 0.6) is 5.75 Å². The van der Waals surface area contributed by atoms with Crippen molar-refractivity contribution in [2.45, 2.75) is 24.5 Å². The molecular formula is C14H21NO2S. The Kier molecular flexibility index (Phi) is 5.68. The molecule has 0 atom stereocenters. The molecule has 1 aromatic rings. The first-order valence-electron chi connectivity index (χ1n) is 6.53. The third-order valence-electron chi connectivity index (χ3n) is 2.99. The molecule has 1 heterocycles. The summed E-state index contributed by atoms with van der Waals surface area (Å²) in [4.78, 5) is 0. The van der Waals surface area contributed by atoms with E-state index in [4.69, 9.17) is 15.2 Å². The van der Waals surface area contributed by atoms with Crippen LogP contribution in [0.25, 0.3) is 0 Å². The van der Waals surface area contributed by atoms with Gasteiger partial charge in [0.15, 0.2) is 0 Å². The molecule has 2 rings (SSSR count). The molecule has 18 heavy (non-hydrogen) atoms. The molecule has 100 valence electrons. The predicted octanol–water partition coefficient (Wildman–Crippen LogP) is 2.95. The van der Waals surface area contributed by atoms with Gasteiger partial charge in [0.1, 0.15) is 5.75 Å². The molecule has 0 aliphatic carbocycles. The number of benzene rings is 1. The highest BCUT2D eigenvalue weighted by Gasteiger charge is 2.13. The second kappa shape index (κ2) is 7.54. The van der Waals surface area contributed by atoms with Crippen LogP contribution in [0.4, 0.5) is 5.69 Å². The summed E-state index contributed by atoms with van der Waals surface area (Å²) in [6, 6.07) is 7.65. The van der Waals surface area contributed by atoms with Gasteiger partial charge in [-0.25, -0.2) is 0 Å². The lowest BCUT2D eigenvalue weighted by Crippen LogP contribution is -2.18. The van der Waals surface area contributed by atoms with Gasteiger partial charge in [0, 0.05) is 18.5 Å². The molecule has 0 saturated carbocycles. The minimum absolute atomic E-state index is 0.717. The second-order valence-electron chi connectivity index (χ2n) is 4.42. The van der Waals surface area contributed by atoms with Crippen molar-refractivity contribution in [1.82, 2.24) is 0 Å². The summed E-state index contributed by atoms with van der Waals surface area (Å²) in [6.07, 6.45) is 3.45. The molecular weight excluding hydrogens is 246 g/mol.